The van der Waals surface area contributed by atoms with Crippen molar-refractivity contribution < 1.29 is 33.6 Å². The monoisotopic (exact) mass is 500 g/mol. The molecule has 2 atom stereocenters. The van der Waals surface area contributed by atoms with Crippen LogP contribution >= 0.6 is 0 Å². The lowest BCUT2D eigenvalue weighted by atomic mass is 10.1. The van der Waals surface area contributed by atoms with Crippen LogP contribution in [0.5, 0.6) is 23.0 Å². The first kappa shape index (κ1) is 26.1. The summed E-state index contributed by atoms with van der Waals surface area (Å²) in [7, 11) is 1.62. The van der Waals surface area contributed by atoms with Crippen LogP contribution in [0.25, 0.3) is 0 Å². The number of methoxy groups -OCH3 is 1. The molecule has 1 fully saturated rings. The van der Waals surface area contributed by atoms with Crippen LogP contribution in [0.1, 0.15) is 24.2 Å². The van der Waals surface area contributed by atoms with E-state index in [-0.39, 0.29) is 25.4 Å². The molecule has 0 spiro atoms. The Bertz CT molecular complexity index is 998. The molecule has 0 bridgehead atoms. The van der Waals surface area contributed by atoms with Gasteiger partial charge in [-0.25, -0.2) is 0 Å². The third-order valence-corrected chi connectivity index (χ3v) is 6.11. The molecular formula is C27H36N2O7. The van der Waals surface area contributed by atoms with Crippen molar-refractivity contribution in [3.8, 4) is 23.0 Å². The maximum atomic E-state index is 13.4. The lowest BCUT2D eigenvalue weighted by Gasteiger charge is -2.37. The second-order valence-corrected chi connectivity index (χ2v) is 9.56. The number of benzene rings is 2. The number of carbonyl (C=O) groups is 1. The molecule has 2 aromatic carbocycles. The molecule has 2 unspecified atom stereocenters. The summed E-state index contributed by atoms with van der Waals surface area (Å²) >= 11 is 0. The third-order valence-electron chi connectivity index (χ3n) is 6.11. The Kier molecular flexibility index (Phi) is 8.90. The van der Waals surface area contributed by atoms with Crippen molar-refractivity contribution in [2.24, 2.45) is 5.92 Å². The first-order valence-electron chi connectivity index (χ1n) is 12.4. The standard InChI is InChI=1S/C27H36N2O7/c1-19(2)13-29(27(31)20-4-9-25-26(12-20)36-18-35-25)16-24-15-28(10-11-33-24)14-21(30)17-34-23-7-5-22(32-3)6-8-23/h4-9,12,19,21,24,30H,10-11,13-18H2,1-3H3. The molecule has 36 heavy (non-hydrogen) atoms. The van der Waals surface area contributed by atoms with Crippen LogP contribution in [0.15, 0.2) is 42.5 Å². The fourth-order valence-corrected chi connectivity index (χ4v) is 4.41. The molecule has 9 heteroatoms. The SMILES string of the molecule is COc1ccc(OCC(O)CN2CCOC(CN(CC(C)C)C(=O)c3ccc4c(c3)OCO4)C2)cc1. The summed E-state index contributed by atoms with van der Waals surface area (Å²) in [4.78, 5) is 17.4. The first-order chi connectivity index (χ1) is 17.4. The number of nitrogens with zero attached hydrogens (tertiary/aromatic N) is 2. The molecule has 2 aliphatic rings. The van der Waals surface area contributed by atoms with Gasteiger partial charge in [0.25, 0.3) is 5.91 Å². The minimum absolute atomic E-state index is 0.0596. The van der Waals surface area contributed by atoms with E-state index in [0.29, 0.717) is 61.5 Å². The van der Waals surface area contributed by atoms with Crippen molar-refractivity contribution >= 4 is 5.91 Å². The van der Waals surface area contributed by atoms with Crippen molar-refractivity contribution in [1.29, 1.82) is 0 Å². The summed E-state index contributed by atoms with van der Waals surface area (Å²) in [5.41, 5.74) is 0.568. The Labute approximate surface area is 212 Å². The number of aliphatic hydroxyl groups is 1. The van der Waals surface area contributed by atoms with Gasteiger partial charge in [0.15, 0.2) is 11.5 Å². The second kappa shape index (κ2) is 12.3. The highest BCUT2D eigenvalue weighted by Gasteiger charge is 2.28. The van der Waals surface area contributed by atoms with Gasteiger partial charge in [-0.1, -0.05) is 13.8 Å². The van der Waals surface area contributed by atoms with Gasteiger partial charge in [0.1, 0.15) is 24.2 Å². The molecule has 2 aromatic rings. The third kappa shape index (κ3) is 7.02. The normalized spacial score (nSPS) is 18.2. The zero-order valence-corrected chi connectivity index (χ0v) is 21.2. The predicted molar refractivity (Wildman–Crippen MR) is 134 cm³/mol. The zero-order valence-electron chi connectivity index (χ0n) is 21.2. The molecule has 1 saturated heterocycles. The topological polar surface area (TPSA) is 89.9 Å². The molecule has 0 radical (unpaired) electrons. The number of amides is 1. The molecule has 2 aliphatic heterocycles. The second-order valence-electron chi connectivity index (χ2n) is 9.56. The van der Waals surface area contributed by atoms with E-state index in [2.05, 4.69) is 18.7 Å². The van der Waals surface area contributed by atoms with Crippen LogP contribution in [-0.2, 0) is 4.74 Å². The van der Waals surface area contributed by atoms with Crippen LogP contribution in [0.3, 0.4) is 0 Å². The molecule has 0 aliphatic carbocycles. The Hall–Kier alpha value is -3.01. The van der Waals surface area contributed by atoms with E-state index in [1.807, 2.05) is 29.2 Å². The zero-order chi connectivity index (χ0) is 25.5. The van der Waals surface area contributed by atoms with Gasteiger partial charge in [0.05, 0.1) is 19.8 Å². The summed E-state index contributed by atoms with van der Waals surface area (Å²) in [6.45, 7) is 7.99. The van der Waals surface area contributed by atoms with Gasteiger partial charge < -0.3 is 33.7 Å². The van der Waals surface area contributed by atoms with Gasteiger partial charge in [0, 0.05) is 38.3 Å². The minimum atomic E-state index is -0.645. The number of ether oxygens (including phenoxy) is 5. The Morgan fingerprint density at radius 2 is 1.89 bits per heavy atom. The summed E-state index contributed by atoms with van der Waals surface area (Å²) < 4.78 is 27.7. The number of hydrogen-bond donors (Lipinski definition) is 1. The van der Waals surface area contributed by atoms with E-state index in [0.717, 1.165) is 12.3 Å². The molecule has 0 saturated carbocycles. The van der Waals surface area contributed by atoms with Crippen LogP contribution in [0.2, 0.25) is 0 Å². The first-order valence-corrected chi connectivity index (χ1v) is 12.4. The predicted octanol–water partition coefficient (Wildman–Crippen LogP) is 2.66. The highest BCUT2D eigenvalue weighted by Crippen LogP contribution is 2.33. The summed E-state index contributed by atoms with van der Waals surface area (Å²) in [5.74, 6) is 2.93. The van der Waals surface area contributed by atoms with E-state index >= 15 is 0 Å². The van der Waals surface area contributed by atoms with Crippen LogP contribution in [-0.4, -0.2) is 92.9 Å². The van der Waals surface area contributed by atoms with Gasteiger partial charge in [-0.2, -0.15) is 0 Å². The maximum Gasteiger partial charge on any atom is 0.254 e. The van der Waals surface area contributed by atoms with Gasteiger partial charge in [-0.3, -0.25) is 9.69 Å². The average Bonchev–Trinajstić information content (AvgIpc) is 3.35. The maximum absolute atomic E-state index is 13.4. The molecule has 2 heterocycles. The molecule has 0 aromatic heterocycles. The molecule has 1 N–H and O–H groups in total. The van der Waals surface area contributed by atoms with Gasteiger partial charge in [-0.05, 0) is 48.4 Å². The van der Waals surface area contributed by atoms with Crippen molar-refractivity contribution in [3.63, 3.8) is 0 Å². The molecule has 4 rings (SSSR count). The van der Waals surface area contributed by atoms with Crippen LogP contribution in [0.4, 0.5) is 0 Å². The van der Waals surface area contributed by atoms with Gasteiger partial charge in [-0.15, -0.1) is 0 Å². The lowest BCUT2D eigenvalue weighted by molar-refractivity contribution is -0.0542. The van der Waals surface area contributed by atoms with Crippen LogP contribution in [0, 0.1) is 5.92 Å². The average molecular weight is 501 g/mol. The quantitative estimate of drug-likeness (QED) is 0.504. The highest BCUT2D eigenvalue weighted by molar-refractivity contribution is 5.95. The molecule has 1 amide bonds. The molecular weight excluding hydrogens is 464 g/mol. The van der Waals surface area contributed by atoms with Crippen molar-refractivity contribution in [1.82, 2.24) is 9.80 Å². The number of rotatable bonds is 11. The fourth-order valence-electron chi connectivity index (χ4n) is 4.41. The van der Waals surface area contributed by atoms with Crippen molar-refractivity contribution in [2.75, 3.05) is 59.8 Å². The number of hydrogen-bond acceptors (Lipinski definition) is 8. The highest BCUT2D eigenvalue weighted by atomic mass is 16.7. The van der Waals surface area contributed by atoms with Crippen molar-refractivity contribution in [3.05, 3.63) is 48.0 Å². The summed E-state index contributed by atoms with van der Waals surface area (Å²) in [5, 5.41) is 10.5. The largest absolute Gasteiger partial charge is 0.497 e. The summed E-state index contributed by atoms with van der Waals surface area (Å²) in [6, 6.07) is 12.6. The van der Waals surface area contributed by atoms with E-state index < -0.39 is 6.10 Å². The number of β-amino-alcohol motifs (C(OH)–C–C–N with tert-alkyl or cyclic N) is 1. The lowest BCUT2D eigenvalue weighted by Crippen LogP contribution is -2.51. The fraction of sp³-hybridized carbons (Fsp3) is 0.519. The Balaban J connectivity index is 1.30. The van der Waals surface area contributed by atoms with Gasteiger partial charge in [0.2, 0.25) is 6.79 Å². The number of fused-ring (bicyclic) bond motifs is 1. The van der Waals surface area contributed by atoms with Crippen molar-refractivity contribution in [2.45, 2.75) is 26.1 Å². The van der Waals surface area contributed by atoms with E-state index in [9.17, 15) is 9.90 Å². The molecule has 9 nitrogen and oxygen atoms in total. The Morgan fingerprint density at radius 1 is 1.14 bits per heavy atom. The number of aliphatic hydroxyl groups excluding tert-OH is 1. The van der Waals surface area contributed by atoms with E-state index in [1.165, 1.54) is 0 Å². The van der Waals surface area contributed by atoms with Crippen LogP contribution < -0.4 is 18.9 Å². The van der Waals surface area contributed by atoms with Gasteiger partial charge >= 0.3 is 0 Å². The van der Waals surface area contributed by atoms with E-state index in [1.54, 1.807) is 25.3 Å². The Morgan fingerprint density at radius 3 is 2.64 bits per heavy atom. The summed E-state index contributed by atoms with van der Waals surface area (Å²) in [6.07, 6.45) is -0.793. The smallest absolute Gasteiger partial charge is 0.254 e. The molecule has 196 valence electrons. The van der Waals surface area contributed by atoms with E-state index in [4.69, 9.17) is 23.7 Å². The number of carbonyl (C=O) groups excluding carboxylic acids is 1. The minimum Gasteiger partial charge on any atom is -0.497 e. The number of morpholine rings is 1.